The minimum absolute atomic E-state index is 0.403. The van der Waals surface area contributed by atoms with E-state index in [1.807, 2.05) is 0 Å². The monoisotopic (exact) mass is 215 g/mol. The van der Waals surface area contributed by atoms with E-state index in [9.17, 15) is 0 Å². The second kappa shape index (κ2) is 5.93. The van der Waals surface area contributed by atoms with Crippen molar-refractivity contribution in [3.63, 3.8) is 0 Å². The van der Waals surface area contributed by atoms with Crippen LogP contribution in [0.4, 0.5) is 5.13 Å². The first-order valence-electron chi connectivity index (χ1n) is 4.80. The molecule has 0 radical (unpaired) electrons. The van der Waals surface area contributed by atoms with Gasteiger partial charge >= 0.3 is 0 Å². The summed E-state index contributed by atoms with van der Waals surface area (Å²) in [7, 11) is 1.71. The standard InChI is InChI=1S/C9H17N3OS/c1-7(2)8-11-9(14-12-8)10-5-4-6-13-3/h7H,4-6H2,1-3H3,(H,10,11,12). The molecule has 0 fully saturated rings. The SMILES string of the molecule is COCCCNc1nc(C(C)C)ns1. The Bertz CT molecular complexity index is 262. The average Bonchev–Trinajstić information content (AvgIpc) is 2.61. The van der Waals surface area contributed by atoms with E-state index in [2.05, 4.69) is 28.5 Å². The molecule has 0 aromatic carbocycles. The number of methoxy groups -OCH3 is 1. The van der Waals surface area contributed by atoms with Crippen molar-refractivity contribution >= 4 is 16.7 Å². The maximum Gasteiger partial charge on any atom is 0.202 e. The highest BCUT2D eigenvalue weighted by Crippen LogP contribution is 2.16. The molecule has 0 saturated heterocycles. The molecule has 0 spiro atoms. The molecule has 0 amide bonds. The third-order valence-corrected chi connectivity index (χ3v) is 2.45. The van der Waals surface area contributed by atoms with Gasteiger partial charge in [0, 0.05) is 37.7 Å². The second-order valence-corrected chi connectivity index (χ2v) is 4.14. The normalized spacial score (nSPS) is 10.9. The molecular formula is C9H17N3OS. The van der Waals surface area contributed by atoms with Gasteiger partial charge in [-0.3, -0.25) is 0 Å². The topological polar surface area (TPSA) is 47.0 Å². The zero-order valence-corrected chi connectivity index (χ0v) is 9.73. The lowest BCUT2D eigenvalue weighted by atomic mass is 10.2. The summed E-state index contributed by atoms with van der Waals surface area (Å²) in [5.41, 5.74) is 0. The van der Waals surface area contributed by atoms with Gasteiger partial charge in [-0.15, -0.1) is 0 Å². The summed E-state index contributed by atoms with van der Waals surface area (Å²) in [5, 5.41) is 4.13. The molecule has 1 aromatic rings. The van der Waals surface area contributed by atoms with Gasteiger partial charge in [-0.25, -0.2) is 4.98 Å². The van der Waals surface area contributed by atoms with Gasteiger partial charge in [-0.1, -0.05) is 13.8 Å². The van der Waals surface area contributed by atoms with Crippen LogP contribution in [-0.4, -0.2) is 29.6 Å². The zero-order valence-electron chi connectivity index (χ0n) is 8.91. The maximum atomic E-state index is 4.95. The smallest absolute Gasteiger partial charge is 0.202 e. The van der Waals surface area contributed by atoms with Crippen LogP contribution in [0, 0.1) is 0 Å². The predicted octanol–water partition coefficient (Wildman–Crippen LogP) is 2.11. The van der Waals surface area contributed by atoms with Gasteiger partial charge in [0.25, 0.3) is 0 Å². The first-order valence-corrected chi connectivity index (χ1v) is 5.57. The Balaban J connectivity index is 2.29. The van der Waals surface area contributed by atoms with E-state index in [0.717, 1.165) is 30.5 Å². The van der Waals surface area contributed by atoms with Crippen molar-refractivity contribution in [1.82, 2.24) is 9.36 Å². The third kappa shape index (κ3) is 3.59. The Kier molecular flexibility index (Phi) is 4.82. The van der Waals surface area contributed by atoms with Gasteiger partial charge in [0.15, 0.2) is 0 Å². The first kappa shape index (κ1) is 11.4. The summed E-state index contributed by atoms with van der Waals surface area (Å²) in [6.45, 7) is 5.86. The summed E-state index contributed by atoms with van der Waals surface area (Å²) in [5.74, 6) is 1.32. The fourth-order valence-corrected chi connectivity index (χ4v) is 1.69. The molecule has 1 rings (SSSR count). The highest BCUT2D eigenvalue weighted by Gasteiger charge is 2.06. The molecule has 0 atom stereocenters. The lowest BCUT2D eigenvalue weighted by molar-refractivity contribution is 0.198. The van der Waals surface area contributed by atoms with E-state index in [1.165, 1.54) is 11.5 Å². The van der Waals surface area contributed by atoms with Crippen molar-refractivity contribution in [2.45, 2.75) is 26.2 Å². The van der Waals surface area contributed by atoms with Gasteiger partial charge in [0.1, 0.15) is 5.82 Å². The molecule has 1 N–H and O–H groups in total. The van der Waals surface area contributed by atoms with Crippen molar-refractivity contribution in [3.8, 4) is 0 Å². The number of nitrogens with zero attached hydrogens (tertiary/aromatic N) is 2. The van der Waals surface area contributed by atoms with Crippen molar-refractivity contribution in [1.29, 1.82) is 0 Å². The van der Waals surface area contributed by atoms with Crippen LogP contribution in [0.1, 0.15) is 32.0 Å². The summed E-state index contributed by atoms with van der Waals surface area (Å²) in [6.07, 6.45) is 0.993. The summed E-state index contributed by atoms with van der Waals surface area (Å²) in [4.78, 5) is 4.36. The largest absolute Gasteiger partial charge is 0.385 e. The Morgan fingerprint density at radius 1 is 1.50 bits per heavy atom. The fraction of sp³-hybridized carbons (Fsp3) is 0.778. The number of anilines is 1. The van der Waals surface area contributed by atoms with E-state index < -0.39 is 0 Å². The molecular weight excluding hydrogens is 198 g/mol. The summed E-state index contributed by atoms with van der Waals surface area (Å²) in [6, 6.07) is 0. The molecule has 0 saturated carbocycles. The van der Waals surface area contributed by atoms with Crippen molar-refractivity contribution in [2.75, 3.05) is 25.6 Å². The predicted molar refractivity (Wildman–Crippen MR) is 59.0 cm³/mol. The van der Waals surface area contributed by atoms with Crippen LogP contribution in [-0.2, 0) is 4.74 Å². The quantitative estimate of drug-likeness (QED) is 0.738. The minimum atomic E-state index is 0.403. The van der Waals surface area contributed by atoms with Crippen LogP contribution in [0.15, 0.2) is 0 Å². The van der Waals surface area contributed by atoms with E-state index in [0.29, 0.717) is 5.92 Å². The van der Waals surface area contributed by atoms with Gasteiger partial charge in [0.2, 0.25) is 5.13 Å². The summed E-state index contributed by atoms with van der Waals surface area (Å²) >= 11 is 1.42. The van der Waals surface area contributed by atoms with Crippen molar-refractivity contribution in [3.05, 3.63) is 5.82 Å². The molecule has 5 heteroatoms. The Hall–Kier alpha value is -0.680. The van der Waals surface area contributed by atoms with E-state index >= 15 is 0 Å². The minimum Gasteiger partial charge on any atom is -0.385 e. The van der Waals surface area contributed by atoms with Crippen LogP contribution in [0.5, 0.6) is 0 Å². The highest BCUT2D eigenvalue weighted by molar-refractivity contribution is 7.09. The lowest BCUT2D eigenvalue weighted by Gasteiger charge is -2.00. The van der Waals surface area contributed by atoms with Crippen LogP contribution in [0.25, 0.3) is 0 Å². The lowest BCUT2D eigenvalue weighted by Crippen LogP contribution is -2.04. The number of rotatable bonds is 6. The number of nitrogens with one attached hydrogen (secondary N) is 1. The van der Waals surface area contributed by atoms with Gasteiger partial charge < -0.3 is 10.1 Å². The second-order valence-electron chi connectivity index (χ2n) is 3.39. The Morgan fingerprint density at radius 2 is 2.29 bits per heavy atom. The Morgan fingerprint density at radius 3 is 2.86 bits per heavy atom. The average molecular weight is 215 g/mol. The van der Waals surface area contributed by atoms with Crippen LogP contribution >= 0.6 is 11.5 Å². The molecule has 0 aliphatic carbocycles. The number of ether oxygens (including phenoxy) is 1. The van der Waals surface area contributed by atoms with E-state index in [4.69, 9.17) is 4.74 Å². The number of aromatic nitrogens is 2. The van der Waals surface area contributed by atoms with Gasteiger partial charge in [0.05, 0.1) is 0 Å². The van der Waals surface area contributed by atoms with Crippen molar-refractivity contribution < 1.29 is 4.74 Å². The van der Waals surface area contributed by atoms with Gasteiger partial charge in [-0.05, 0) is 6.42 Å². The third-order valence-electron chi connectivity index (χ3n) is 1.76. The maximum absolute atomic E-state index is 4.95. The first-order chi connectivity index (χ1) is 6.74. The van der Waals surface area contributed by atoms with E-state index in [1.54, 1.807) is 7.11 Å². The zero-order chi connectivity index (χ0) is 10.4. The van der Waals surface area contributed by atoms with E-state index in [-0.39, 0.29) is 0 Å². The fourth-order valence-electron chi connectivity index (χ4n) is 0.953. The molecule has 0 aliphatic heterocycles. The van der Waals surface area contributed by atoms with Gasteiger partial charge in [-0.2, -0.15) is 4.37 Å². The molecule has 14 heavy (non-hydrogen) atoms. The Labute approximate surface area is 88.9 Å². The molecule has 0 aliphatic rings. The summed E-state index contributed by atoms with van der Waals surface area (Å²) < 4.78 is 9.20. The number of hydrogen-bond acceptors (Lipinski definition) is 5. The van der Waals surface area contributed by atoms with Crippen molar-refractivity contribution in [2.24, 2.45) is 0 Å². The molecule has 4 nitrogen and oxygen atoms in total. The molecule has 80 valence electrons. The van der Waals surface area contributed by atoms with Crippen LogP contribution in [0.3, 0.4) is 0 Å². The number of hydrogen-bond donors (Lipinski definition) is 1. The molecule has 0 bridgehead atoms. The molecule has 1 aromatic heterocycles. The molecule has 0 unspecified atom stereocenters. The van der Waals surface area contributed by atoms with Crippen LogP contribution in [0.2, 0.25) is 0 Å². The highest BCUT2D eigenvalue weighted by atomic mass is 32.1. The molecule has 1 heterocycles. The van der Waals surface area contributed by atoms with Crippen LogP contribution < -0.4 is 5.32 Å².